The number of allylic oxidation sites excluding steroid dienone is 2. The van der Waals surface area contributed by atoms with Crippen molar-refractivity contribution >= 4 is 11.9 Å². The number of carboxylic acids is 1. The van der Waals surface area contributed by atoms with Crippen molar-refractivity contribution in [1.29, 1.82) is 0 Å². The number of hydrogen-bond donors (Lipinski definition) is 1. The van der Waals surface area contributed by atoms with E-state index in [-0.39, 0.29) is 5.92 Å². The Balaban J connectivity index is 3.10. The molecule has 0 spiro atoms. The number of aliphatic carboxylic acids is 1. The minimum absolute atomic E-state index is 0.173. The van der Waals surface area contributed by atoms with E-state index >= 15 is 0 Å². The first kappa shape index (κ1) is 11.8. The molecule has 0 amide bonds. The molecule has 0 aromatic rings. The van der Waals surface area contributed by atoms with Crippen LogP contribution >= 0.6 is 0 Å². The highest BCUT2D eigenvalue weighted by Gasteiger charge is 2.50. The van der Waals surface area contributed by atoms with Crippen molar-refractivity contribution in [1.82, 2.24) is 0 Å². The van der Waals surface area contributed by atoms with Gasteiger partial charge in [-0.15, -0.1) is 0 Å². The molecule has 0 unspecified atom stereocenters. The van der Waals surface area contributed by atoms with Gasteiger partial charge in [0.2, 0.25) is 0 Å². The largest absolute Gasteiger partial charge is 0.481 e. The topological polar surface area (TPSA) is 63.6 Å². The third-order valence-corrected chi connectivity index (χ3v) is 3.41. The van der Waals surface area contributed by atoms with Crippen LogP contribution in [0.4, 0.5) is 0 Å². The summed E-state index contributed by atoms with van der Waals surface area (Å²) < 4.78 is 4.65. The van der Waals surface area contributed by atoms with Gasteiger partial charge in [0, 0.05) is 0 Å². The second kappa shape index (κ2) is 4.04. The maximum atomic E-state index is 11.5. The minimum atomic E-state index is -1.07. The van der Waals surface area contributed by atoms with Crippen molar-refractivity contribution in [3.63, 3.8) is 0 Å². The van der Waals surface area contributed by atoms with Crippen LogP contribution in [0.5, 0.6) is 0 Å². The van der Waals surface area contributed by atoms with Crippen LogP contribution in [0.3, 0.4) is 0 Å². The van der Waals surface area contributed by atoms with Gasteiger partial charge in [-0.3, -0.25) is 9.59 Å². The fourth-order valence-electron chi connectivity index (χ4n) is 2.01. The highest BCUT2D eigenvalue weighted by Crippen LogP contribution is 2.42. The summed E-state index contributed by atoms with van der Waals surface area (Å²) in [5, 5.41) is 9.24. The first-order valence-electron chi connectivity index (χ1n) is 4.92. The average Bonchev–Trinajstić information content (AvgIpc) is 2.20. The van der Waals surface area contributed by atoms with Gasteiger partial charge in [-0.2, -0.15) is 0 Å². The number of hydrogen-bond acceptors (Lipinski definition) is 3. The zero-order chi connectivity index (χ0) is 11.6. The summed E-state index contributed by atoms with van der Waals surface area (Å²) in [7, 11) is 1.29. The predicted octanol–water partition coefficient (Wildman–Crippen LogP) is 1.46. The van der Waals surface area contributed by atoms with Gasteiger partial charge in [0.05, 0.1) is 18.4 Å². The number of methoxy groups -OCH3 is 1. The second-order valence-corrected chi connectivity index (χ2v) is 4.12. The summed E-state index contributed by atoms with van der Waals surface area (Å²) in [5.74, 6) is -2.17. The van der Waals surface area contributed by atoms with Gasteiger partial charge < -0.3 is 9.84 Å². The number of esters is 1. The molecule has 4 heteroatoms. The van der Waals surface area contributed by atoms with E-state index in [9.17, 15) is 14.7 Å². The number of carbonyl (C=O) groups excluding carboxylic acids is 1. The molecule has 0 fully saturated rings. The molecular weight excluding hydrogens is 196 g/mol. The first-order valence-corrected chi connectivity index (χ1v) is 4.92. The van der Waals surface area contributed by atoms with Gasteiger partial charge in [-0.05, 0) is 19.3 Å². The average molecular weight is 212 g/mol. The van der Waals surface area contributed by atoms with Crippen LogP contribution in [-0.4, -0.2) is 24.2 Å². The first-order chi connectivity index (χ1) is 6.94. The maximum Gasteiger partial charge on any atom is 0.310 e. The molecule has 3 atom stereocenters. The molecule has 0 aromatic heterocycles. The predicted molar refractivity (Wildman–Crippen MR) is 54.2 cm³/mol. The Hall–Kier alpha value is -1.32. The van der Waals surface area contributed by atoms with E-state index in [1.54, 1.807) is 13.8 Å². The van der Waals surface area contributed by atoms with Crippen LogP contribution in [-0.2, 0) is 14.3 Å². The molecule has 1 rings (SSSR count). The Labute approximate surface area is 88.9 Å². The smallest absolute Gasteiger partial charge is 0.310 e. The number of ether oxygens (including phenoxy) is 1. The van der Waals surface area contributed by atoms with E-state index in [0.717, 1.165) is 0 Å². The lowest BCUT2D eigenvalue weighted by Gasteiger charge is -2.38. The van der Waals surface area contributed by atoms with Gasteiger partial charge >= 0.3 is 11.9 Å². The van der Waals surface area contributed by atoms with Gasteiger partial charge in [0.25, 0.3) is 0 Å². The highest BCUT2D eigenvalue weighted by atomic mass is 16.5. The van der Waals surface area contributed by atoms with E-state index in [0.29, 0.717) is 6.42 Å². The van der Waals surface area contributed by atoms with Crippen LogP contribution in [0.2, 0.25) is 0 Å². The quantitative estimate of drug-likeness (QED) is 0.556. The lowest BCUT2D eigenvalue weighted by molar-refractivity contribution is -0.166. The Morgan fingerprint density at radius 2 is 2.13 bits per heavy atom. The van der Waals surface area contributed by atoms with Crippen molar-refractivity contribution in [2.75, 3.05) is 7.11 Å². The molecule has 0 bridgehead atoms. The molecule has 4 nitrogen and oxygen atoms in total. The molecule has 1 aliphatic rings. The third-order valence-electron chi connectivity index (χ3n) is 3.41. The Morgan fingerprint density at radius 3 is 2.60 bits per heavy atom. The minimum Gasteiger partial charge on any atom is -0.481 e. The van der Waals surface area contributed by atoms with E-state index < -0.39 is 23.3 Å². The molecule has 15 heavy (non-hydrogen) atoms. The molecule has 0 radical (unpaired) electrons. The summed E-state index contributed by atoms with van der Waals surface area (Å²) in [4.78, 5) is 22.8. The number of rotatable bonds is 2. The zero-order valence-electron chi connectivity index (χ0n) is 9.19. The SMILES string of the molecule is COC(=O)[C@@H]1CC=C[C@@H](C)[C@]1(C)C(=O)O. The van der Waals surface area contributed by atoms with Crippen LogP contribution < -0.4 is 0 Å². The lowest BCUT2D eigenvalue weighted by atomic mass is 9.64. The van der Waals surface area contributed by atoms with E-state index in [1.165, 1.54) is 7.11 Å². The van der Waals surface area contributed by atoms with Gasteiger partial charge in [-0.1, -0.05) is 19.1 Å². The van der Waals surface area contributed by atoms with E-state index in [4.69, 9.17) is 0 Å². The molecule has 0 aliphatic heterocycles. The Morgan fingerprint density at radius 1 is 1.53 bits per heavy atom. The highest BCUT2D eigenvalue weighted by molar-refractivity contribution is 5.85. The maximum absolute atomic E-state index is 11.5. The summed E-state index contributed by atoms with van der Waals surface area (Å²) in [5.41, 5.74) is -1.07. The molecule has 1 N–H and O–H groups in total. The fraction of sp³-hybridized carbons (Fsp3) is 0.636. The van der Waals surface area contributed by atoms with Gasteiger partial charge in [-0.25, -0.2) is 0 Å². The molecule has 0 aromatic carbocycles. The van der Waals surface area contributed by atoms with Gasteiger partial charge in [0.15, 0.2) is 0 Å². The zero-order valence-corrected chi connectivity index (χ0v) is 9.19. The number of carbonyl (C=O) groups is 2. The molecule has 0 saturated carbocycles. The monoisotopic (exact) mass is 212 g/mol. The second-order valence-electron chi connectivity index (χ2n) is 4.12. The van der Waals surface area contributed by atoms with E-state index in [2.05, 4.69) is 4.74 Å². The summed E-state index contributed by atoms with van der Waals surface area (Å²) in [6.07, 6.45) is 4.12. The number of carboxylic acid groups (broad SMARTS) is 1. The Bertz CT molecular complexity index is 308. The summed E-state index contributed by atoms with van der Waals surface area (Å²) >= 11 is 0. The van der Waals surface area contributed by atoms with Gasteiger partial charge in [0.1, 0.15) is 0 Å². The van der Waals surface area contributed by atoms with Crippen LogP contribution in [0, 0.1) is 17.3 Å². The molecular formula is C11H16O4. The van der Waals surface area contributed by atoms with Crippen molar-refractivity contribution in [2.24, 2.45) is 17.3 Å². The normalized spacial score (nSPS) is 34.9. The molecule has 1 aliphatic carbocycles. The summed E-state index contributed by atoms with van der Waals surface area (Å²) in [6.45, 7) is 3.41. The summed E-state index contributed by atoms with van der Waals surface area (Å²) in [6, 6.07) is 0. The lowest BCUT2D eigenvalue weighted by Crippen LogP contribution is -2.46. The van der Waals surface area contributed by atoms with Crippen molar-refractivity contribution in [3.8, 4) is 0 Å². The van der Waals surface area contributed by atoms with Crippen molar-refractivity contribution in [3.05, 3.63) is 12.2 Å². The fourth-order valence-corrected chi connectivity index (χ4v) is 2.01. The molecule has 0 heterocycles. The van der Waals surface area contributed by atoms with E-state index in [1.807, 2.05) is 12.2 Å². The molecule has 0 saturated heterocycles. The standard InChI is InChI=1S/C11H16O4/c1-7-5-4-6-8(9(12)15-3)11(7,2)10(13)14/h4-5,7-8H,6H2,1-3H3,(H,13,14)/t7-,8+,11+/m1/s1. The van der Waals surface area contributed by atoms with Crippen LogP contribution in [0.1, 0.15) is 20.3 Å². The Kier molecular flexibility index (Phi) is 3.17. The third kappa shape index (κ3) is 1.76. The van der Waals surface area contributed by atoms with Crippen molar-refractivity contribution < 1.29 is 19.4 Å². The van der Waals surface area contributed by atoms with Crippen LogP contribution in [0.25, 0.3) is 0 Å². The van der Waals surface area contributed by atoms with Crippen LogP contribution in [0.15, 0.2) is 12.2 Å². The molecule has 84 valence electrons. The van der Waals surface area contributed by atoms with Crippen molar-refractivity contribution in [2.45, 2.75) is 20.3 Å².